The molecule has 0 radical (unpaired) electrons. The number of carbonyl (C=O) groups is 1. The number of nitrogens with zero attached hydrogens (tertiary/aromatic N) is 1. The standard InChI is InChI=1S/C16H15NO4/c1-12(18)10-13-4-8-16(9-5-13)21-11-14-2-6-15(7-3-14)17(19)20/h2-9H,10-11H2,1H3. The Balaban J connectivity index is 1.93. The van der Waals surface area contributed by atoms with Crippen LogP contribution in [0.4, 0.5) is 5.69 Å². The number of non-ortho nitro benzene ring substituents is 1. The number of ether oxygens (including phenoxy) is 1. The Morgan fingerprint density at radius 1 is 1.05 bits per heavy atom. The summed E-state index contributed by atoms with van der Waals surface area (Å²) in [6, 6.07) is 13.6. The average molecular weight is 285 g/mol. The molecule has 0 aliphatic carbocycles. The highest BCUT2D eigenvalue weighted by molar-refractivity contribution is 5.78. The lowest BCUT2D eigenvalue weighted by molar-refractivity contribution is -0.384. The van der Waals surface area contributed by atoms with E-state index in [1.807, 2.05) is 24.3 Å². The number of Topliss-reactive ketones (excluding diaryl/α,β-unsaturated/α-hetero) is 1. The third-order valence-electron chi connectivity index (χ3n) is 2.93. The second-order valence-electron chi connectivity index (χ2n) is 4.73. The number of hydrogen-bond acceptors (Lipinski definition) is 4. The van der Waals surface area contributed by atoms with Crippen LogP contribution < -0.4 is 4.74 Å². The van der Waals surface area contributed by atoms with E-state index in [0.717, 1.165) is 11.1 Å². The maximum Gasteiger partial charge on any atom is 0.269 e. The highest BCUT2D eigenvalue weighted by atomic mass is 16.6. The summed E-state index contributed by atoms with van der Waals surface area (Å²) in [5, 5.41) is 10.6. The summed E-state index contributed by atoms with van der Waals surface area (Å²) < 4.78 is 5.60. The first-order valence-corrected chi connectivity index (χ1v) is 6.49. The molecule has 5 nitrogen and oxygen atoms in total. The molecule has 0 atom stereocenters. The Kier molecular flexibility index (Phi) is 4.66. The summed E-state index contributed by atoms with van der Waals surface area (Å²) in [7, 11) is 0. The van der Waals surface area contributed by atoms with Crippen molar-refractivity contribution < 1.29 is 14.5 Å². The molecule has 0 amide bonds. The van der Waals surface area contributed by atoms with E-state index >= 15 is 0 Å². The van der Waals surface area contributed by atoms with Gasteiger partial charge in [-0.25, -0.2) is 0 Å². The van der Waals surface area contributed by atoms with E-state index in [9.17, 15) is 14.9 Å². The number of ketones is 1. The molecule has 0 fully saturated rings. The Hall–Kier alpha value is -2.69. The number of hydrogen-bond donors (Lipinski definition) is 0. The van der Waals surface area contributed by atoms with E-state index in [1.54, 1.807) is 19.1 Å². The van der Waals surface area contributed by atoms with E-state index < -0.39 is 4.92 Å². The normalized spacial score (nSPS) is 10.1. The number of rotatable bonds is 6. The second-order valence-corrected chi connectivity index (χ2v) is 4.73. The van der Waals surface area contributed by atoms with E-state index in [0.29, 0.717) is 18.8 Å². The smallest absolute Gasteiger partial charge is 0.269 e. The van der Waals surface area contributed by atoms with Gasteiger partial charge in [0.15, 0.2) is 0 Å². The molecule has 0 saturated carbocycles. The Morgan fingerprint density at radius 2 is 1.62 bits per heavy atom. The topological polar surface area (TPSA) is 69.4 Å². The molecule has 0 bridgehead atoms. The largest absolute Gasteiger partial charge is 0.489 e. The van der Waals surface area contributed by atoms with E-state index in [4.69, 9.17) is 4.74 Å². The predicted molar refractivity (Wildman–Crippen MR) is 78.3 cm³/mol. The first-order chi connectivity index (χ1) is 10.0. The molecule has 0 N–H and O–H groups in total. The van der Waals surface area contributed by atoms with Crippen molar-refractivity contribution in [2.24, 2.45) is 0 Å². The summed E-state index contributed by atoms with van der Waals surface area (Å²) in [4.78, 5) is 21.1. The van der Waals surface area contributed by atoms with Gasteiger partial charge in [0.05, 0.1) is 4.92 Å². The van der Waals surface area contributed by atoms with Crippen molar-refractivity contribution in [1.29, 1.82) is 0 Å². The van der Waals surface area contributed by atoms with Gasteiger partial charge >= 0.3 is 0 Å². The average Bonchev–Trinajstić information content (AvgIpc) is 2.46. The van der Waals surface area contributed by atoms with Crippen molar-refractivity contribution in [3.05, 3.63) is 69.8 Å². The first-order valence-electron chi connectivity index (χ1n) is 6.49. The maximum absolute atomic E-state index is 11.0. The Morgan fingerprint density at radius 3 is 2.14 bits per heavy atom. The Labute approximate surface area is 122 Å². The third-order valence-corrected chi connectivity index (χ3v) is 2.93. The summed E-state index contributed by atoms with van der Waals surface area (Å²) in [6.45, 7) is 1.89. The van der Waals surface area contributed by atoms with Gasteiger partial charge in [0.25, 0.3) is 5.69 Å². The predicted octanol–water partition coefficient (Wildman–Crippen LogP) is 3.31. The van der Waals surface area contributed by atoms with E-state index in [-0.39, 0.29) is 11.5 Å². The van der Waals surface area contributed by atoms with Gasteiger partial charge < -0.3 is 4.74 Å². The minimum Gasteiger partial charge on any atom is -0.489 e. The van der Waals surface area contributed by atoms with Gasteiger partial charge in [-0.1, -0.05) is 12.1 Å². The molecule has 0 saturated heterocycles. The Bertz CT molecular complexity index is 632. The third kappa shape index (κ3) is 4.42. The molecular formula is C16H15NO4. The monoisotopic (exact) mass is 285 g/mol. The van der Waals surface area contributed by atoms with Crippen molar-refractivity contribution >= 4 is 11.5 Å². The second kappa shape index (κ2) is 6.65. The van der Waals surface area contributed by atoms with Crippen LogP contribution in [0.15, 0.2) is 48.5 Å². The van der Waals surface area contributed by atoms with Gasteiger partial charge in [0.1, 0.15) is 18.1 Å². The fourth-order valence-corrected chi connectivity index (χ4v) is 1.87. The molecule has 0 spiro atoms. The zero-order valence-electron chi connectivity index (χ0n) is 11.6. The molecule has 0 heterocycles. The molecule has 0 aliphatic heterocycles. The van der Waals surface area contributed by atoms with Crippen molar-refractivity contribution in [3.63, 3.8) is 0 Å². The molecule has 0 aliphatic rings. The van der Waals surface area contributed by atoms with E-state index in [1.165, 1.54) is 12.1 Å². The van der Waals surface area contributed by atoms with Crippen LogP contribution in [0.3, 0.4) is 0 Å². The number of nitro benzene ring substituents is 1. The quantitative estimate of drug-likeness (QED) is 0.603. The minimum atomic E-state index is -0.432. The maximum atomic E-state index is 11.0. The summed E-state index contributed by atoms with van der Waals surface area (Å²) in [5.74, 6) is 0.815. The molecule has 0 unspecified atom stereocenters. The fraction of sp³-hybridized carbons (Fsp3) is 0.188. The van der Waals surface area contributed by atoms with Crippen LogP contribution in [0.25, 0.3) is 0 Å². The van der Waals surface area contributed by atoms with Gasteiger partial charge in [0, 0.05) is 18.6 Å². The minimum absolute atomic E-state index is 0.0623. The van der Waals surface area contributed by atoms with Crippen LogP contribution in [-0.2, 0) is 17.8 Å². The van der Waals surface area contributed by atoms with Crippen LogP contribution >= 0.6 is 0 Å². The molecule has 108 valence electrons. The van der Waals surface area contributed by atoms with Crippen LogP contribution in [0.5, 0.6) is 5.75 Å². The van der Waals surface area contributed by atoms with Crippen LogP contribution in [0.2, 0.25) is 0 Å². The van der Waals surface area contributed by atoms with Crippen molar-refractivity contribution in [2.75, 3.05) is 0 Å². The highest BCUT2D eigenvalue weighted by Crippen LogP contribution is 2.16. The molecule has 0 aromatic heterocycles. The van der Waals surface area contributed by atoms with Gasteiger partial charge in [-0.05, 0) is 42.3 Å². The zero-order chi connectivity index (χ0) is 15.2. The van der Waals surface area contributed by atoms with E-state index in [2.05, 4.69) is 0 Å². The van der Waals surface area contributed by atoms with Crippen LogP contribution in [0, 0.1) is 10.1 Å². The molecule has 2 aromatic carbocycles. The molecule has 21 heavy (non-hydrogen) atoms. The van der Waals surface area contributed by atoms with Crippen molar-refractivity contribution in [1.82, 2.24) is 0 Å². The van der Waals surface area contributed by atoms with Gasteiger partial charge in [0.2, 0.25) is 0 Å². The van der Waals surface area contributed by atoms with Crippen molar-refractivity contribution in [2.45, 2.75) is 20.0 Å². The van der Waals surface area contributed by atoms with Crippen LogP contribution in [-0.4, -0.2) is 10.7 Å². The van der Waals surface area contributed by atoms with Gasteiger partial charge in [-0.3, -0.25) is 14.9 Å². The molecule has 2 aromatic rings. The van der Waals surface area contributed by atoms with Crippen molar-refractivity contribution in [3.8, 4) is 5.75 Å². The lowest BCUT2D eigenvalue weighted by Gasteiger charge is -2.07. The molecule has 5 heteroatoms. The first kappa shape index (κ1) is 14.7. The highest BCUT2D eigenvalue weighted by Gasteiger charge is 2.04. The summed E-state index contributed by atoms with van der Waals surface area (Å²) >= 11 is 0. The molecular weight excluding hydrogens is 270 g/mol. The molecule has 2 rings (SSSR count). The SMILES string of the molecule is CC(=O)Cc1ccc(OCc2ccc([N+](=O)[O-])cc2)cc1. The number of nitro groups is 1. The summed E-state index contributed by atoms with van der Waals surface area (Å²) in [5.41, 5.74) is 1.87. The number of carbonyl (C=O) groups excluding carboxylic acids is 1. The van der Waals surface area contributed by atoms with Gasteiger partial charge in [-0.15, -0.1) is 0 Å². The van der Waals surface area contributed by atoms with Crippen LogP contribution in [0.1, 0.15) is 18.1 Å². The zero-order valence-corrected chi connectivity index (χ0v) is 11.6. The number of benzene rings is 2. The van der Waals surface area contributed by atoms with Gasteiger partial charge in [-0.2, -0.15) is 0 Å². The lowest BCUT2D eigenvalue weighted by Crippen LogP contribution is -1.98. The fourth-order valence-electron chi connectivity index (χ4n) is 1.87. The summed E-state index contributed by atoms with van der Waals surface area (Å²) in [6.07, 6.45) is 0.419. The lowest BCUT2D eigenvalue weighted by atomic mass is 10.1.